The molecule has 1 N–H and O–H groups in total. The first-order valence-corrected chi connectivity index (χ1v) is 7.11. The third kappa shape index (κ3) is 4.13. The fourth-order valence-electron chi connectivity index (χ4n) is 1.90. The summed E-state index contributed by atoms with van der Waals surface area (Å²) < 4.78 is 44.5. The lowest BCUT2D eigenvalue weighted by atomic mass is 10.1. The van der Waals surface area contributed by atoms with Crippen molar-refractivity contribution in [2.75, 3.05) is 11.9 Å². The first-order valence-electron chi connectivity index (χ1n) is 7.11. The Morgan fingerprint density at radius 1 is 1.00 bits per heavy atom. The van der Waals surface area contributed by atoms with E-state index in [0.29, 0.717) is 23.8 Å². The van der Waals surface area contributed by atoms with E-state index in [-0.39, 0.29) is 5.78 Å². The van der Waals surface area contributed by atoms with E-state index in [1.165, 1.54) is 12.1 Å². The van der Waals surface area contributed by atoms with Gasteiger partial charge in [-0.05, 0) is 36.4 Å². The van der Waals surface area contributed by atoms with E-state index in [4.69, 9.17) is 4.74 Å². The monoisotopic (exact) mass is 337 g/mol. The molecule has 0 aliphatic carbocycles. The Hall–Kier alpha value is -2.83. The van der Waals surface area contributed by atoms with Crippen LogP contribution in [0.1, 0.15) is 23.7 Å². The molecule has 1 amide bonds. The van der Waals surface area contributed by atoms with Crippen LogP contribution in [0.3, 0.4) is 0 Å². The molecule has 0 spiro atoms. The highest BCUT2D eigenvalue weighted by atomic mass is 19.2. The Bertz CT molecular complexity index is 760. The number of anilines is 1. The number of carbonyl (C=O) groups is 2. The molecule has 0 fully saturated rings. The number of rotatable bonds is 6. The number of ketones is 1. The number of ether oxygens (including phenoxy) is 1. The molecule has 0 bridgehead atoms. The normalized spacial score (nSPS) is 10.3. The number of nitrogens with one attached hydrogen (secondary N) is 1. The highest BCUT2D eigenvalue weighted by Gasteiger charge is 2.15. The molecule has 0 aromatic heterocycles. The summed E-state index contributed by atoms with van der Waals surface area (Å²) in [6.45, 7) is 1.29. The quantitative estimate of drug-likeness (QED) is 0.646. The van der Waals surface area contributed by atoms with Gasteiger partial charge in [0.1, 0.15) is 5.75 Å². The molecule has 0 saturated carbocycles. The lowest BCUT2D eigenvalue weighted by Gasteiger charge is -2.09. The van der Waals surface area contributed by atoms with Gasteiger partial charge in [-0.3, -0.25) is 9.59 Å². The molecular weight excluding hydrogens is 323 g/mol. The number of hydrogen-bond acceptors (Lipinski definition) is 3. The van der Waals surface area contributed by atoms with Crippen LogP contribution < -0.4 is 10.1 Å². The molecule has 0 aliphatic rings. The molecule has 2 rings (SSSR count). The number of Topliss-reactive ketones (excluding diaryl/α,β-unsaturated/α-hetero) is 1. The minimum Gasteiger partial charge on any atom is -0.484 e. The summed E-state index contributed by atoms with van der Waals surface area (Å²) in [5.41, 5.74) is 0.0459. The van der Waals surface area contributed by atoms with Gasteiger partial charge >= 0.3 is 0 Å². The first kappa shape index (κ1) is 17.5. The van der Waals surface area contributed by atoms with Crippen LogP contribution in [0.4, 0.5) is 18.9 Å². The molecule has 126 valence electrons. The zero-order chi connectivity index (χ0) is 17.7. The molecular formula is C17H14F3NO3. The predicted molar refractivity (Wildman–Crippen MR) is 81.5 cm³/mol. The maximum absolute atomic E-state index is 13.4. The third-order valence-corrected chi connectivity index (χ3v) is 3.18. The number of halogens is 3. The fraction of sp³-hybridized carbons (Fsp3) is 0.176. The van der Waals surface area contributed by atoms with Crippen LogP contribution in [0.5, 0.6) is 5.75 Å². The molecule has 0 saturated heterocycles. The van der Waals surface area contributed by atoms with E-state index in [9.17, 15) is 22.8 Å². The molecule has 2 aromatic carbocycles. The second-order valence-corrected chi connectivity index (χ2v) is 4.86. The molecule has 2 aromatic rings. The maximum Gasteiger partial charge on any atom is 0.262 e. The molecule has 0 unspecified atom stereocenters. The van der Waals surface area contributed by atoms with Crippen molar-refractivity contribution in [1.29, 1.82) is 0 Å². The van der Waals surface area contributed by atoms with Crippen molar-refractivity contribution in [3.05, 3.63) is 59.4 Å². The lowest BCUT2D eigenvalue weighted by Crippen LogP contribution is -2.21. The molecule has 0 radical (unpaired) electrons. The largest absolute Gasteiger partial charge is 0.484 e. The summed E-state index contributed by atoms with van der Waals surface area (Å²) in [7, 11) is 0. The first-order chi connectivity index (χ1) is 11.4. The van der Waals surface area contributed by atoms with Crippen molar-refractivity contribution in [2.45, 2.75) is 13.3 Å². The van der Waals surface area contributed by atoms with Crippen molar-refractivity contribution in [1.82, 2.24) is 0 Å². The van der Waals surface area contributed by atoms with Gasteiger partial charge in [0.25, 0.3) is 5.91 Å². The average molecular weight is 337 g/mol. The zero-order valence-electron chi connectivity index (χ0n) is 12.7. The topological polar surface area (TPSA) is 55.4 Å². The van der Waals surface area contributed by atoms with E-state index < -0.39 is 35.7 Å². The summed E-state index contributed by atoms with van der Waals surface area (Å²) in [5.74, 6) is -4.91. The van der Waals surface area contributed by atoms with Crippen LogP contribution in [0, 0.1) is 17.5 Å². The van der Waals surface area contributed by atoms with Crippen LogP contribution in [-0.4, -0.2) is 18.3 Å². The highest BCUT2D eigenvalue weighted by Crippen LogP contribution is 2.19. The van der Waals surface area contributed by atoms with Gasteiger partial charge in [0.05, 0.1) is 5.69 Å². The average Bonchev–Trinajstić information content (AvgIpc) is 2.60. The Morgan fingerprint density at radius 3 is 2.29 bits per heavy atom. The van der Waals surface area contributed by atoms with Gasteiger partial charge < -0.3 is 10.1 Å². The van der Waals surface area contributed by atoms with Crippen LogP contribution in [-0.2, 0) is 4.79 Å². The maximum atomic E-state index is 13.4. The smallest absolute Gasteiger partial charge is 0.262 e. The van der Waals surface area contributed by atoms with Crippen molar-refractivity contribution in [3.63, 3.8) is 0 Å². The van der Waals surface area contributed by atoms with E-state index in [2.05, 4.69) is 5.32 Å². The van der Waals surface area contributed by atoms with Gasteiger partial charge in [-0.2, -0.15) is 0 Å². The summed E-state index contributed by atoms with van der Waals surface area (Å²) in [5, 5.41) is 2.09. The SMILES string of the molecule is CCC(=O)c1ccc(OCC(=O)Nc2ccc(F)c(F)c2F)cc1. The molecule has 0 aliphatic heterocycles. The number of carbonyl (C=O) groups excluding carboxylic acids is 2. The summed E-state index contributed by atoms with van der Waals surface area (Å²) in [6, 6.07) is 7.79. The second-order valence-electron chi connectivity index (χ2n) is 4.86. The number of hydrogen-bond donors (Lipinski definition) is 1. The highest BCUT2D eigenvalue weighted by molar-refractivity contribution is 5.96. The summed E-state index contributed by atoms with van der Waals surface area (Å²) in [6.07, 6.45) is 0.377. The van der Waals surface area contributed by atoms with Crippen LogP contribution >= 0.6 is 0 Å². The van der Waals surface area contributed by atoms with Gasteiger partial charge in [0.15, 0.2) is 29.8 Å². The Kier molecular flexibility index (Phi) is 5.57. The Balaban J connectivity index is 1.94. The van der Waals surface area contributed by atoms with Crippen LogP contribution in [0.15, 0.2) is 36.4 Å². The fourth-order valence-corrected chi connectivity index (χ4v) is 1.90. The van der Waals surface area contributed by atoms with E-state index in [1.54, 1.807) is 19.1 Å². The van der Waals surface area contributed by atoms with Crippen molar-refractivity contribution in [2.24, 2.45) is 0 Å². The molecule has 0 heterocycles. The standard InChI is InChI=1S/C17H14F3NO3/c1-2-14(22)10-3-5-11(6-4-10)24-9-15(23)21-13-8-7-12(18)16(19)17(13)20/h3-8H,2,9H2,1H3,(H,21,23). The minimum absolute atomic E-state index is 0.0203. The van der Waals surface area contributed by atoms with Crippen molar-refractivity contribution in [3.8, 4) is 5.75 Å². The van der Waals surface area contributed by atoms with Gasteiger partial charge in [-0.25, -0.2) is 13.2 Å². The number of amides is 1. The second kappa shape index (κ2) is 7.63. The van der Waals surface area contributed by atoms with Crippen molar-refractivity contribution >= 4 is 17.4 Å². The summed E-state index contributed by atoms with van der Waals surface area (Å²) in [4.78, 5) is 23.2. The van der Waals surface area contributed by atoms with Crippen LogP contribution in [0.2, 0.25) is 0 Å². The molecule has 4 nitrogen and oxygen atoms in total. The van der Waals surface area contributed by atoms with Gasteiger partial charge in [-0.1, -0.05) is 6.92 Å². The molecule has 0 atom stereocenters. The van der Waals surface area contributed by atoms with E-state index in [0.717, 1.165) is 6.07 Å². The lowest BCUT2D eigenvalue weighted by molar-refractivity contribution is -0.118. The summed E-state index contributed by atoms with van der Waals surface area (Å²) >= 11 is 0. The van der Waals surface area contributed by atoms with Crippen molar-refractivity contribution < 1.29 is 27.5 Å². The number of benzene rings is 2. The van der Waals surface area contributed by atoms with E-state index >= 15 is 0 Å². The predicted octanol–water partition coefficient (Wildman–Crippen LogP) is 3.71. The molecule has 24 heavy (non-hydrogen) atoms. The Labute approximate surface area is 136 Å². The molecule has 7 heteroatoms. The van der Waals surface area contributed by atoms with Gasteiger partial charge in [0.2, 0.25) is 0 Å². The third-order valence-electron chi connectivity index (χ3n) is 3.18. The van der Waals surface area contributed by atoms with Gasteiger partial charge in [0, 0.05) is 12.0 Å². The van der Waals surface area contributed by atoms with Crippen LogP contribution in [0.25, 0.3) is 0 Å². The minimum atomic E-state index is -1.66. The Morgan fingerprint density at radius 2 is 1.67 bits per heavy atom. The van der Waals surface area contributed by atoms with Gasteiger partial charge in [-0.15, -0.1) is 0 Å². The zero-order valence-corrected chi connectivity index (χ0v) is 12.7. The van der Waals surface area contributed by atoms with E-state index in [1.807, 2.05) is 0 Å².